The van der Waals surface area contributed by atoms with Crippen LogP contribution in [0, 0.1) is 11.6 Å². The molecule has 2 rings (SSSR count). The van der Waals surface area contributed by atoms with Gasteiger partial charge < -0.3 is 0 Å². The van der Waals surface area contributed by atoms with E-state index in [1.807, 2.05) is 6.07 Å². The lowest BCUT2D eigenvalue weighted by Crippen LogP contribution is -1.85. The van der Waals surface area contributed by atoms with E-state index in [2.05, 4.69) is 12.6 Å². The highest BCUT2D eigenvalue weighted by atomic mass is 32.1. The molecule has 0 saturated carbocycles. The van der Waals surface area contributed by atoms with Crippen molar-refractivity contribution in [2.75, 3.05) is 0 Å². The molecular weight excluding hydrogens is 214 g/mol. The molecule has 0 unspecified atom stereocenters. The standard InChI is InChI=1S/C12H8F2S/c13-9-5-8(6-10(14)7-9)11-3-1-2-4-12(11)15/h1-7,15H. The van der Waals surface area contributed by atoms with E-state index >= 15 is 0 Å². The van der Waals surface area contributed by atoms with E-state index in [0.29, 0.717) is 10.5 Å². The molecular formula is C12H8F2S. The quantitative estimate of drug-likeness (QED) is 0.694. The fourth-order valence-electron chi connectivity index (χ4n) is 1.43. The molecule has 0 N–H and O–H groups in total. The van der Waals surface area contributed by atoms with Crippen LogP contribution in [-0.4, -0.2) is 0 Å². The van der Waals surface area contributed by atoms with Gasteiger partial charge in [-0.25, -0.2) is 8.78 Å². The Morgan fingerprint density at radius 2 is 1.47 bits per heavy atom. The summed E-state index contributed by atoms with van der Waals surface area (Å²) in [4.78, 5) is 0.697. The molecule has 0 nitrogen and oxygen atoms in total. The Morgan fingerprint density at radius 1 is 0.867 bits per heavy atom. The van der Waals surface area contributed by atoms with Gasteiger partial charge in [-0.3, -0.25) is 0 Å². The second-order valence-corrected chi connectivity index (χ2v) is 3.66. The van der Waals surface area contributed by atoms with Crippen molar-refractivity contribution in [1.29, 1.82) is 0 Å². The topological polar surface area (TPSA) is 0 Å². The monoisotopic (exact) mass is 222 g/mol. The Kier molecular flexibility index (Phi) is 2.73. The first kappa shape index (κ1) is 10.2. The van der Waals surface area contributed by atoms with Gasteiger partial charge in [-0.2, -0.15) is 0 Å². The lowest BCUT2D eigenvalue weighted by Gasteiger charge is -2.05. The fourth-order valence-corrected chi connectivity index (χ4v) is 1.72. The van der Waals surface area contributed by atoms with Crippen LogP contribution in [0.5, 0.6) is 0 Å². The Hall–Kier alpha value is -1.35. The number of hydrogen-bond donors (Lipinski definition) is 1. The largest absolute Gasteiger partial charge is 0.207 e. The highest BCUT2D eigenvalue weighted by Gasteiger charge is 2.05. The fraction of sp³-hybridized carbons (Fsp3) is 0. The molecule has 0 spiro atoms. The van der Waals surface area contributed by atoms with Crippen molar-refractivity contribution in [3.05, 3.63) is 54.1 Å². The molecule has 2 aromatic carbocycles. The maximum Gasteiger partial charge on any atom is 0.126 e. The number of hydrogen-bond acceptors (Lipinski definition) is 1. The van der Waals surface area contributed by atoms with E-state index in [9.17, 15) is 8.78 Å². The predicted octanol–water partition coefficient (Wildman–Crippen LogP) is 3.92. The number of rotatable bonds is 1. The average molecular weight is 222 g/mol. The highest BCUT2D eigenvalue weighted by molar-refractivity contribution is 7.80. The summed E-state index contributed by atoms with van der Waals surface area (Å²) < 4.78 is 26.0. The van der Waals surface area contributed by atoms with Crippen molar-refractivity contribution in [2.24, 2.45) is 0 Å². The summed E-state index contributed by atoms with van der Waals surface area (Å²) >= 11 is 4.23. The molecule has 15 heavy (non-hydrogen) atoms. The molecule has 0 aliphatic carbocycles. The second-order valence-electron chi connectivity index (χ2n) is 3.18. The van der Waals surface area contributed by atoms with Crippen molar-refractivity contribution < 1.29 is 8.78 Å². The lowest BCUT2D eigenvalue weighted by molar-refractivity contribution is 0.584. The maximum absolute atomic E-state index is 13.0. The predicted molar refractivity (Wildman–Crippen MR) is 59.0 cm³/mol. The zero-order chi connectivity index (χ0) is 10.8. The van der Waals surface area contributed by atoms with Gasteiger partial charge in [-0.15, -0.1) is 12.6 Å². The lowest BCUT2D eigenvalue weighted by atomic mass is 10.1. The smallest absolute Gasteiger partial charge is 0.126 e. The Balaban J connectivity index is 2.59. The average Bonchev–Trinajstić information content (AvgIpc) is 2.16. The summed E-state index contributed by atoms with van der Waals surface area (Å²) in [6.07, 6.45) is 0. The van der Waals surface area contributed by atoms with Gasteiger partial charge in [0.1, 0.15) is 11.6 Å². The molecule has 0 aromatic heterocycles. The summed E-state index contributed by atoms with van der Waals surface area (Å²) in [5, 5.41) is 0. The van der Waals surface area contributed by atoms with E-state index in [1.54, 1.807) is 18.2 Å². The molecule has 0 bridgehead atoms. The van der Waals surface area contributed by atoms with Crippen LogP contribution in [0.1, 0.15) is 0 Å². The molecule has 0 atom stereocenters. The summed E-state index contributed by atoms with van der Waals surface area (Å²) in [5.74, 6) is -1.16. The molecule has 0 aliphatic rings. The highest BCUT2D eigenvalue weighted by Crippen LogP contribution is 2.27. The van der Waals surface area contributed by atoms with Gasteiger partial charge in [-0.05, 0) is 29.3 Å². The van der Waals surface area contributed by atoms with Crippen LogP contribution in [0.15, 0.2) is 47.4 Å². The molecule has 0 fully saturated rings. The van der Waals surface area contributed by atoms with Crippen LogP contribution in [0.25, 0.3) is 11.1 Å². The van der Waals surface area contributed by atoms with E-state index in [1.165, 1.54) is 12.1 Å². The summed E-state index contributed by atoms with van der Waals surface area (Å²) in [6, 6.07) is 10.6. The Bertz CT molecular complexity index is 474. The SMILES string of the molecule is Fc1cc(F)cc(-c2ccccc2S)c1. The van der Waals surface area contributed by atoms with Gasteiger partial charge in [-0.1, -0.05) is 18.2 Å². The normalized spacial score (nSPS) is 10.3. The first-order valence-electron chi connectivity index (χ1n) is 4.41. The minimum Gasteiger partial charge on any atom is -0.207 e. The van der Waals surface area contributed by atoms with Crippen molar-refractivity contribution in [3.63, 3.8) is 0 Å². The molecule has 76 valence electrons. The van der Waals surface area contributed by atoms with Crippen LogP contribution < -0.4 is 0 Å². The van der Waals surface area contributed by atoms with Crippen molar-refractivity contribution >= 4 is 12.6 Å². The summed E-state index contributed by atoms with van der Waals surface area (Å²) in [7, 11) is 0. The first-order valence-corrected chi connectivity index (χ1v) is 4.86. The number of thiol groups is 1. The van der Waals surface area contributed by atoms with Gasteiger partial charge in [0, 0.05) is 11.0 Å². The van der Waals surface area contributed by atoms with Crippen LogP contribution in [-0.2, 0) is 0 Å². The second kappa shape index (κ2) is 4.03. The van der Waals surface area contributed by atoms with Crippen LogP contribution in [0.4, 0.5) is 8.78 Å². The van der Waals surface area contributed by atoms with Crippen LogP contribution >= 0.6 is 12.6 Å². The molecule has 3 heteroatoms. The van der Waals surface area contributed by atoms with E-state index in [-0.39, 0.29) is 0 Å². The third-order valence-corrected chi connectivity index (χ3v) is 2.47. The zero-order valence-corrected chi connectivity index (χ0v) is 8.64. The third kappa shape index (κ3) is 2.18. The van der Waals surface area contributed by atoms with Gasteiger partial charge in [0.2, 0.25) is 0 Å². The molecule has 2 aromatic rings. The molecule has 0 aliphatic heterocycles. The summed E-state index contributed by atoms with van der Waals surface area (Å²) in [5.41, 5.74) is 1.22. The van der Waals surface area contributed by atoms with E-state index in [4.69, 9.17) is 0 Å². The third-order valence-electron chi connectivity index (χ3n) is 2.08. The van der Waals surface area contributed by atoms with Crippen LogP contribution in [0.2, 0.25) is 0 Å². The molecule has 0 saturated heterocycles. The Labute approximate surface area is 92.0 Å². The maximum atomic E-state index is 13.0. The zero-order valence-electron chi connectivity index (χ0n) is 7.74. The van der Waals surface area contributed by atoms with Crippen molar-refractivity contribution in [2.45, 2.75) is 4.90 Å². The number of halogens is 2. The van der Waals surface area contributed by atoms with Gasteiger partial charge in [0.05, 0.1) is 0 Å². The van der Waals surface area contributed by atoms with E-state index < -0.39 is 11.6 Å². The minimum absolute atomic E-state index is 0.498. The first-order chi connectivity index (χ1) is 7.16. The van der Waals surface area contributed by atoms with Gasteiger partial charge in [0.15, 0.2) is 0 Å². The molecule has 0 heterocycles. The van der Waals surface area contributed by atoms with Crippen LogP contribution in [0.3, 0.4) is 0 Å². The minimum atomic E-state index is -0.582. The van der Waals surface area contributed by atoms with Gasteiger partial charge in [0.25, 0.3) is 0 Å². The molecule has 0 amide bonds. The summed E-state index contributed by atoms with van der Waals surface area (Å²) in [6.45, 7) is 0. The van der Waals surface area contributed by atoms with Crippen molar-refractivity contribution in [3.8, 4) is 11.1 Å². The molecule has 0 radical (unpaired) electrons. The Morgan fingerprint density at radius 3 is 2.07 bits per heavy atom. The van der Waals surface area contributed by atoms with Gasteiger partial charge >= 0.3 is 0 Å². The number of benzene rings is 2. The van der Waals surface area contributed by atoms with Crippen molar-refractivity contribution in [1.82, 2.24) is 0 Å². The van der Waals surface area contributed by atoms with E-state index in [0.717, 1.165) is 11.6 Å².